The van der Waals surface area contributed by atoms with Crippen LogP contribution >= 0.6 is 0 Å². The van der Waals surface area contributed by atoms with Crippen LogP contribution in [0.3, 0.4) is 0 Å². The Balaban J connectivity index is 1.72. The molecule has 112 valence electrons. The van der Waals surface area contributed by atoms with E-state index in [1.54, 1.807) is 0 Å². The number of aromatic nitrogens is 2. The van der Waals surface area contributed by atoms with Crippen LogP contribution in [0.5, 0.6) is 0 Å². The number of rotatable bonds is 4. The number of benzene rings is 1. The fourth-order valence-corrected chi connectivity index (χ4v) is 2.56. The molecule has 0 spiro atoms. The van der Waals surface area contributed by atoms with Crippen molar-refractivity contribution in [3.63, 3.8) is 0 Å². The lowest BCUT2D eigenvalue weighted by Crippen LogP contribution is -2.41. The van der Waals surface area contributed by atoms with Crippen LogP contribution in [0.4, 0.5) is 0 Å². The molecule has 0 saturated carbocycles. The van der Waals surface area contributed by atoms with Crippen molar-refractivity contribution in [2.24, 2.45) is 0 Å². The van der Waals surface area contributed by atoms with Crippen molar-refractivity contribution in [3.8, 4) is 0 Å². The van der Waals surface area contributed by atoms with E-state index in [9.17, 15) is 4.79 Å². The molecule has 0 aliphatic rings. The third kappa shape index (κ3) is 3.01. The van der Waals surface area contributed by atoms with Gasteiger partial charge >= 0.3 is 0 Å². The number of carbonyl (C=O) groups is 1. The molecule has 4 nitrogen and oxygen atoms in total. The number of carbonyl (C=O) groups excluding carboxylic acids is 1. The standard InChI is InChI=1S/C18H19N3O/c1-18(2,14-8-4-3-5-9-14)20-17(22)12-15-13-21-11-7-6-10-16(21)19-15/h3-11,13H,12H2,1-2H3,(H,20,22). The van der Waals surface area contributed by atoms with Gasteiger partial charge in [-0.15, -0.1) is 0 Å². The average molecular weight is 293 g/mol. The number of hydrogen-bond donors (Lipinski definition) is 1. The Morgan fingerprint density at radius 2 is 1.86 bits per heavy atom. The van der Waals surface area contributed by atoms with Crippen molar-refractivity contribution in [1.82, 2.24) is 14.7 Å². The van der Waals surface area contributed by atoms with Crippen LogP contribution < -0.4 is 5.32 Å². The van der Waals surface area contributed by atoms with Gasteiger partial charge in [0.05, 0.1) is 17.7 Å². The molecule has 4 heteroatoms. The zero-order valence-electron chi connectivity index (χ0n) is 12.8. The summed E-state index contributed by atoms with van der Waals surface area (Å²) in [7, 11) is 0. The molecule has 0 aliphatic heterocycles. The van der Waals surface area contributed by atoms with Crippen LogP contribution in [0.25, 0.3) is 5.65 Å². The lowest BCUT2D eigenvalue weighted by Gasteiger charge is -2.26. The number of fused-ring (bicyclic) bond motifs is 1. The van der Waals surface area contributed by atoms with Crippen LogP contribution in [0.1, 0.15) is 25.1 Å². The summed E-state index contributed by atoms with van der Waals surface area (Å²) >= 11 is 0. The van der Waals surface area contributed by atoms with Gasteiger partial charge in [0.1, 0.15) is 5.65 Å². The number of pyridine rings is 1. The fourth-order valence-electron chi connectivity index (χ4n) is 2.56. The third-order valence-corrected chi connectivity index (χ3v) is 3.70. The highest BCUT2D eigenvalue weighted by atomic mass is 16.1. The van der Waals surface area contributed by atoms with Crippen LogP contribution in [-0.2, 0) is 16.8 Å². The summed E-state index contributed by atoms with van der Waals surface area (Å²) in [5.41, 5.74) is 2.30. The largest absolute Gasteiger partial charge is 0.347 e. The minimum absolute atomic E-state index is 0.0303. The van der Waals surface area contributed by atoms with Gasteiger partial charge in [0.25, 0.3) is 0 Å². The molecule has 0 saturated heterocycles. The van der Waals surface area contributed by atoms with Gasteiger partial charge in [0.15, 0.2) is 0 Å². The summed E-state index contributed by atoms with van der Waals surface area (Å²) in [5.74, 6) is -0.0303. The monoisotopic (exact) mass is 293 g/mol. The molecular weight excluding hydrogens is 274 g/mol. The maximum atomic E-state index is 12.3. The first-order chi connectivity index (χ1) is 10.5. The van der Waals surface area contributed by atoms with Crippen LogP contribution in [0, 0.1) is 0 Å². The molecule has 0 aliphatic carbocycles. The molecule has 0 bridgehead atoms. The SMILES string of the molecule is CC(C)(NC(=O)Cc1cn2ccccc2n1)c1ccccc1. The number of amides is 1. The molecule has 2 aromatic heterocycles. The summed E-state index contributed by atoms with van der Waals surface area (Å²) in [6.07, 6.45) is 4.10. The number of nitrogens with one attached hydrogen (secondary N) is 1. The normalized spacial score (nSPS) is 11.5. The van der Waals surface area contributed by atoms with E-state index >= 15 is 0 Å². The second-order valence-electron chi connectivity index (χ2n) is 5.91. The van der Waals surface area contributed by atoms with Crippen molar-refractivity contribution >= 4 is 11.6 Å². The number of imidazole rings is 1. The first kappa shape index (κ1) is 14.3. The fraction of sp³-hybridized carbons (Fsp3) is 0.222. The smallest absolute Gasteiger partial charge is 0.226 e. The van der Waals surface area contributed by atoms with Crippen LogP contribution in [0.2, 0.25) is 0 Å². The van der Waals surface area contributed by atoms with Gasteiger partial charge in [-0.05, 0) is 31.5 Å². The second kappa shape index (κ2) is 5.64. The molecule has 0 atom stereocenters. The highest BCUT2D eigenvalue weighted by Gasteiger charge is 2.22. The quantitative estimate of drug-likeness (QED) is 0.804. The van der Waals surface area contributed by atoms with Gasteiger partial charge in [-0.2, -0.15) is 0 Å². The Bertz CT molecular complexity index is 757. The molecule has 3 rings (SSSR count). The summed E-state index contributed by atoms with van der Waals surface area (Å²) in [6, 6.07) is 15.8. The average Bonchev–Trinajstić information content (AvgIpc) is 2.89. The van der Waals surface area contributed by atoms with Gasteiger partial charge in [0, 0.05) is 12.4 Å². The van der Waals surface area contributed by atoms with Crippen molar-refractivity contribution in [2.45, 2.75) is 25.8 Å². The van der Waals surface area contributed by atoms with Crippen LogP contribution in [0.15, 0.2) is 60.9 Å². The first-order valence-electron chi connectivity index (χ1n) is 7.34. The third-order valence-electron chi connectivity index (χ3n) is 3.70. The molecule has 22 heavy (non-hydrogen) atoms. The Morgan fingerprint density at radius 3 is 2.59 bits per heavy atom. The zero-order chi connectivity index (χ0) is 15.6. The molecule has 1 N–H and O–H groups in total. The Labute approximate surface area is 129 Å². The molecule has 3 aromatic rings. The zero-order valence-corrected chi connectivity index (χ0v) is 12.8. The predicted octanol–water partition coefficient (Wildman–Crippen LogP) is 2.93. The van der Waals surface area contributed by atoms with Gasteiger partial charge in [-0.25, -0.2) is 4.98 Å². The van der Waals surface area contributed by atoms with Gasteiger partial charge in [0.2, 0.25) is 5.91 Å². The molecule has 0 radical (unpaired) electrons. The topological polar surface area (TPSA) is 46.4 Å². The van der Waals surface area contributed by atoms with Gasteiger partial charge < -0.3 is 9.72 Å². The lowest BCUT2D eigenvalue weighted by atomic mass is 9.94. The summed E-state index contributed by atoms with van der Waals surface area (Å²) < 4.78 is 1.92. The molecule has 0 unspecified atom stereocenters. The first-order valence-corrected chi connectivity index (χ1v) is 7.34. The van der Waals surface area contributed by atoms with E-state index in [4.69, 9.17) is 0 Å². The lowest BCUT2D eigenvalue weighted by molar-refractivity contribution is -0.122. The molecular formula is C18H19N3O. The summed E-state index contributed by atoms with van der Waals surface area (Å²) in [6.45, 7) is 4.01. The van der Waals surface area contributed by atoms with Gasteiger partial charge in [-0.1, -0.05) is 36.4 Å². The summed E-state index contributed by atoms with van der Waals surface area (Å²) in [5, 5.41) is 3.08. The number of hydrogen-bond acceptors (Lipinski definition) is 2. The Morgan fingerprint density at radius 1 is 1.14 bits per heavy atom. The molecule has 1 aromatic carbocycles. The minimum atomic E-state index is -0.405. The molecule has 0 fully saturated rings. The van der Waals surface area contributed by atoms with Crippen molar-refractivity contribution < 1.29 is 4.79 Å². The Kier molecular flexibility index (Phi) is 3.67. The van der Waals surface area contributed by atoms with E-state index in [0.29, 0.717) is 0 Å². The van der Waals surface area contributed by atoms with Crippen LogP contribution in [-0.4, -0.2) is 15.3 Å². The van der Waals surface area contributed by atoms with E-state index < -0.39 is 5.54 Å². The second-order valence-corrected chi connectivity index (χ2v) is 5.91. The highest BCUT2D eigenvalue weighted by molar-refractivity contribution is 5.79. The summed E-state index contributed by atoms with van der Waals surface area (Å²) in [4.78, 5) is 16.8. The van der Waals surface area contributed by atoms with E-state index in [0.717, 1.165) is 16.9 Å². The maximum Gasteiger partial charge on any atom is 0.226 e. The molecule has 2 heterocycles. The Hall–Kier alpha value is -2.62. The minimum Gasteiger partial charge on any atom is -0.347 e. The highest BCUT2D eigenvalue weighted by Crippen LogP contribution is 2.19. The number of nitrogens with zero attached hydrogens (tertiary/aromatic N) is 2. The predicted molar refractivity (Wildman–Crippen MR) is 86.5 cm³/mol. The van der Waals surface area contributed by atoms with Gasteiger partial charge in [-0.3, -0.25) is 4.79 Å². The van der Waals surface area contributed by atoms with E-state index in [-0.39, 0.29) is 12.3 Å². The maximum absolute atomic E-state index is 12.3. The van der Waals surface area contributed by atoms with E-state index in [1.165, 1.54) is 0 Å². The van der Waals surface area contributed by atoms with E-state index in [2.05, 4.69) is 10.3 Å². The van der Waals surface area contributed by atoms with E-state index in [1.807, 2.05) is 79.2 Å². The van der Waals surface area contributed by atoms with Crippen molar-refractivity contribution in [3.05, 3.63) is 72.2 Å². The molecule has 1 amide bonds. The van der Waals surface area contributed by atoms with Crippen molar-refractivity contribution in [1.29, 1.82) is 0 Å². The van der Waals surface area contributed by atoms with Crippen molar-refractivity contribution in [2.75, 3.05) is 0 Å².